The number of carbonyl (C=O) groups excluding carboxylic acids is 3. The third kappa shape index (κ3) is 8.40. The van der Waals surface area contributed by atoms with Gasteiger partial charge in [0.15, 0.2) is 11.3 Å². The number of amides is 3. The number of benzene rings is 3. The van der Waals surface area contributed by atoms with E-state index in [1.165, 1.54) is 11.3 Å². The maximum absolute atomic E-state index is 15.8. The molecule has 4 aliphatic rings. The minimum absolute atomic E-state index is 0.0172. The van der Waals surface area contributed by atoms with Crippen molar-refractivity contribution in [3.8, 4) is 21.7 Å². The second kappa shape index (κ2) is 16.6. The summed E-state index contributed by atoms with van der Waals surface area (Å²) >= 11 is 1.31. The largest absolute Gasteiger partial charge is 0.444 e. The molecule has 3 aromatic heterocycles. The highest BCUT2D eigenvalue weighted by Gasteiger charge is 2.63. The second-order valence-corrected chi connectivity index (χ2v) is 19.6. The van der Waals surface area contributed by atoms with Crippen LogP contribution in [-0.2, 0) is 41.1 Å². The summed E-state index contributed by atoms with van der Waals surface area (Å²) < 4.78 is 110. The van der Waals surface area contributed by atoms with Crippen LogP contribution in [0.4, 0.5) is 41.2 Å². The topological polar surface area (TPSA) is 135 Å². The van der Waals surface area contributed by atoms with Gasteiger partial charge in [-0.2, -0.15) is 27.1 Å². The van der Waals surface area contributed by atoms with E-state index in [2.05, 4.69) is 20.6 Å². The van der Waals surface area contributed by atoms with Crippen molar-refractivity contribution in [3.63, 3.8) is 0 Å². The number of thiazole rings is 1. The Morgan fingerprint density at radius 1 is 0.912 bits per heavy atom. The Morgan fingerprint density at radius 3 is 2.28 bits per heavy atom. The molecule has 0 spiro atoms. The van der Waals surface area contributed by atoms with Crippen LogP contribution in [0.5, 0.6) is 0 Å². The Kier molecular flexibility index (Phi) is 11.0. The fourth-order valence-electron chi connectivity index (χ4n) is 9.68. The van der Waals surface area contributed by atoms with Crippen molar-refractivity contribution in [2.45, 2.75) is 82.8 Å². The lowest BCUT2D eigenvalue weighted by molar-refractivity contribution is -0.144. The number of hydrogen-bond donors (Lipinski definition) is 2. The molecule has 3 amide bonds. The van der Waals surface area contributed by atoms with Crippen LogP contribution < -0.4 is 15.5 Å². The smallest absolute Gasteiger partial charge is 0.435 e. The monoisotopic (exact) mass is 960 g/mol. The number of ether oxygens (including phenoxy) is 1. The van der Waals surface area contributed by atoms with Gasteiger partial charge in [0.1, 0.15) is 34.5 Å². The summed E-state index contributed by atoms with van der Waals surface area (Å²) in [5.41, 5.74) is 0.486. The molecule has 2 aliphatic carbocycles. The highest BCUT2D eigenvalue weighted by Crippen LogP contribution is 2.64. The predicted molar refractivity (Wildman–Crippen MR) is 237 cm³/mol. The van der Waals surface area contributed by atoms with Crippen LogP contribution >= 0.6 is 11.3 Å². The summed E-state index contributed by atoms with van der Waals surface area (Å²) in [5.74, 6) is -9.24. The van der Waals surface area contributed by atoms with Crippen molar-refractivity contribution < 1.29 is 49.9 Å². The van der Waals surface area contributed by atoms with Crippen LogP contribution in [0, 0.1) is 17.6 Å². The zero-order chi connectivity index (χ0) is 48.0. The minimum Gasteiger partial charge on any atom is -0.444 e. The van der Waals surface area contributed by atoms with Crippen molar-refractivity contribution >= 4 is 45.3 Å². The highest BCUT2D eigenvalue weighted by atomic mass is 32.1. The maximum Gasteiger partial charge on any atom is 0.435 e. The molecule has 12 nitrogen and oxygen atoms in total. The van der Waals surface area contributed by atoms with Gasteiger partial charge in [-0.25, -0.2) is 23.5 Å². The van der Waals surface area contributed by atoms with E-state index in [1.54, 1.807) is 29.2 Å². The standard InChI is InChI=1S/C48H43F7N8O4S/c1-46(2,3)67-45(66)62-14-12-61(13-15-62)30-8-6-25(7-9-30)44-59-42-36(68-44)21-32(26-4-5-27-22-56-43(65)33(27)19-26)39(58-42)35(18-24-16-28(49)20-29(50)17-24)57-37(64)23-63-41-38(40(60-63)48(53,54)55)31-10-11-34(31)47(41,51)52/h4-9,16-17,19-21,31,34-35H,10-15,18,22-23H2,1-3H3,(H,56,65)(H,57,64)/t31-,34+,35-/m0/s1. The molecule has 2 N–H and O–H groups in total. The molecule has 2 aliphatic heterocycles. The summed E-state index contributed by atoms with van der Waals surface area (Å²) in [6, 6.07) is 16.1. The van der Waals surface area contributed by atoms with Crippen LogP contribution in [0.3, 0.4) is 0 Å². The zero-order valence-electron chi connectivity index (χ0n) is 36.8. The molecule has 6 aromatic rings. The maximum atomic E-state index is 15.8. The molecule has 0 radical (unpaired) electrons. The number of piperazine rings is 1. The molecule has 3 aromatic carbocycles. The molecule has 1 saturated carbocycles. The number of pyridine rings is 1. The van der Waals surface area contributed by atoms with Crippen LogP contribution in [0.25, 0.3) is 32.0 Å². The van der Waals surface area contributed by atoms with Crippen molar-refractivity contribution in [3.05, 3.63) is 118 Å². The van der Waals surface area contributed by atoms with E-state index >= 15 is 8.78 Å². The van der Waals surface area contributed by atoms with E-state index in [0.717, 1.165) is 28.9 Å². The molecule has 2 fully saturated rings. The lowest BCUT2D eigenvalue weighted by Crippen LogP contribution is -2.50. The predicted octanol–water partition coefficient (Wildman–Crippen LogP) is 9.52. The quantitative estimate of drug-likeness (QED) is 0.137. The number of nitrogens with one attached hydrogen (secondary N) is 2. The van der Waals surface area contributed by atoms with Gasteiger partial charge in [0.2, 0.25) is 5.91 Å². The molecular formula is C48H43F7N8O4S. The average molecular weight is 961 g/mol. The SMILES string of the molecule is CC(C)(C)OC(=O)N1CCN(c2ccc(-c3nc4nc([C@H](Cc5cc(F)cc(F)c5)NC(=O)Cn5nc(C(F)(F)F)c6c5C(F)(F)[C@@H]5CC[C@H]65)c(-c5ccc6c(c5)C(=O)NC6)cc4s3)cc2)CC1. The Labute approximate surface area is 388 Å². The van der Waals surface area contributed by atoms with Crippen molar-refractivity contribution in [2.75, 3.05) is 31.1 Å². The molecule has 68 heavy (non-hydrogen) atoms. The molecule has 1 saturated heterocycles. The summed E-state index contributed by atoms with van der Waals surface area (Å²) in [5, 5.41) is 9.63. The van der Waals surface area contributed by atoms with Crippen LogP contribution in [0.2, 0.25) is 0 Å². The van der Waals surface area contributed by atoms with Gasteiger partial charge in [-0.05, 0) is 111 Å². The van der Waals surface area contributed by atoms with Gasteiger partial charge < -0.3 is 25.2 Å². The Morgan fingerprint density at radius 2 is 1.62 bits per heavy atom. The Hall–Kier alpha value is -6.57. The van der Waals surface area contributed by atoms with Crippen molar-refractivity contribution in [2.24, 2.45) is 5.92 Å². The molecule has 5 heterocycles. The highest BCUT2D eigenvalue weighted by molar-refractivity contribution is 7.21. The number of rotatable bonds is 9. The number of alkyl halides is 5. The van der Waals surface area contributed by atoms with Crippen molar-refractivity contribution in [1.29, 1.82) is 0 Å². The first-order chi connectivity index (χ1) is 32.2. The van der Waals surface area contributed by atoms with Crippen LogP contribution in [0.1, 0.15) is 89.7 Å². The zero-order valence-corrected chi connectivity index (χ0v) is 37.6. The molecule has 20 heteroatoms. The first kappa shape index (κ1) is 45.2. The van der Waals surface area contributed by atoms with Crippen LogP contribution in [0.15, 0.2) is 66.7 Å². The van der Waals surface area contributed by atoms with E-state index in [9.17, 15) is 36.3 Å². The minimum atomic E-state index is -5.06. The van der Waals surface area contributed by atoms with Gasteiger partial charge in [0, 0.05) is 72.6 Å². The number of anilines is 1. The fraction of sp³-hybridized carbons (Fsp3) is 0.375. The lowest BCUT2D eigenvalue weighted by atomic mass is 9.73. The van der Waals surface area contributed by atoms with Gasteiger partial charge in [0.05, 0.1) is 16.4 Å². The summed E-state index contributed by atoms with van der Waals surface area (Å²) in [6.45, 7) is 6.87. The Bertz CT molecular complexity index is 2990. The third-order valence-corrected chi connectivity index (χ3v) is 14.0. The number of nitrogens with zero attached hydrogens (tertiary/aromatic N) is 6. The number of halogens is 7. The molecule has 3 atom stereocenters. The van der Waals surface area contributed by atoms with Gasteiger partial charge in [-0.3, -0.25) is 14.3 Å². The number of hydrogen-bond acceptors (Lipinski definition) is 9. The van der Waals surface area contributed by atoms with E-state index < -0.39 is 76.6 Å². The average Bonchev–Trinajstić information content (AvgIpc) is 3.99. The Balaban J connectivity index is 1.01. The van der Waals surface area contributed by atoms with Crippen molar-refractivity contribution in [1.82, 2.24) is 35.3 Å². The number of carbonyl (C=O) groups is 3. The fourth-order valence-corrected chi connectivity index (χ4v) is 10.6. The first-order valence-electron chi connectivity index (χ1n) is 22.1. The van der Waals surface area contributed by atoms with E-state index in [4.69, 9.17) is 14.7 Å². The van der Waals surface area contributed by atoms with E-state index in [0.29, 0.717) is 69.9 Å². The van der Waals surface area contributed by atoms with Gasteiger partial charge in [0.25, 0.3) is 11.8 Å². The lowest BCUT2D eigenvalue weighted by Gasteiger charge is -2.36. The number of aromatic nitrogens is 4. The van der Waals surface area contributed by atoms with Gasteiger partial charge in [-0.15, -0.1) is 11.3 Å². The molecule has 0 bridgehead atoms. The van der Waals surface area contributed by atoms with Gasteiger partial charge >= 0.3 is 12.3 Å². The van der Waals surface area contributed by atoms with E-state index in [-0.39, 0.29) is 48.2 Å². The molecule has 354 valence electrons. The molecule has 0 unspecified atom stereocenters. The second-order valence-electron chi connectivity index (χ2n) is 18.6. The number of fused-ring (bicyclic) bond motifs is 5. The van der Waals surface area contributed by atoms with Crippen LogP contribution in [-0.4, -0.2) is 74.3 Å². The molecular weight excluding hydrogens is 918 g/mol. The normalized spacial score (nSPS) is 19.0. The first-order valence-corrected chi connectivity index (χ1v) is 22.9. The summed E-state index contributed by atoms with van der Waals surface area (Å²) in [6.07, 6.45) is -5.59. The molecule has 10 rings (SSSR count). The van der Waals surface area contributed by atoms with Gasteiger partial charge in [-0.1, -0.05) is 12.1 Å². The summed E-state index contributed by atoms with van der Waals surface area (Å²) in [4.78, 5) is 53.3. The third-order valence-electron chi connectivity index (χ3n) is 12.9. The van der Waals surface area contributed by atoms with E-state index in [1.807, 2.05) is 45.0 Å². The summed E-state index contributed by atoms with van der Waals surface area (Å²) in [7, 11) is 0.